The third-order valence-corrected chi connectivity index (χ3v) is 7.40. The molecule has 3 atom stereocenters. The number of hydrogen-bond acceptors (Lipinski definition) is 8. The van der Waals surface area contributed by atoms with Crippen LogP contribution in [0.2, 0.25) is 0 Å². The molecule has 7 nitrogen and oxygen atoms in total. The molecular formula is C22H18F2N6OS. The maximum absolute atomic E-state index is 15.0. The number of benzene rings is 1. The number of pyridine rings is 2. The van der Waals surface area contributed by atoms with Crippen LogP contribution in [0.5, 0.6) is 0 Å². The summed E-state index contributed by atoms with van der Waals surface area (Å²) in [6.07, 6.45) is 3.52. The van der Waals surface area contributed by atoms with Crippen molar-refractivity contribution in [2.24, 2.45) is 16.6 Å². The minimum Gasteiger partial charge on any atom is -0.395 e. The molecule has 1 fully saturated rings. The first-order valence-electron chi connectivity index (χ1n) is 9.88. The van der Waals surface area contributed by atoms with E-state index in [1.807, 2.05) is 6.07 Å². The molecule has 5 rings (SSSR count). The molecule has 32 heavy (non-hydrogen) atoms. The molecule has 0 radical (unpaired) electrons. The van der Waals surface area contributed by atoms with E-state index in [1.165, 1.54) is 36.2 Å². The predicted molar refractivity (Wildman–Crippen MR) is 119 cm³/mol. The second-order valence-electron chi connectivity index (χ2n) is 7.98. The van der Waals surface area contributed by atoms with E-state index in [4.69, 9.17) is 11.0 Å². The first kappa shape index (κ1) is 20.6. The number of aromatic nitrogens is 2. The Kier molecular flexibility index (Phi) is 4.76. The zero-order valence-electron chi connectivity index (χ0n) is 16.7. The van der Waals surface area contributed by atoms with Crippen molar-refractivity contribution in [3.8, 4) is 6.07 Å². The fourth-order valence-corrected chi connectivity index (χ4v) is 5.72. The number of hydrogen-bond donors (Lipinski definition) is 3. The van der Waals surface area contributed by atoms with Crippen molar-refractivity contribution in [2.45, 2.75) is 16.7 Å². The van der Waals surface area contributed by atoms with Crippen molar-refractivity contribution in [3.63, 3.8) is 0 Å². The molecule has 1 aliphatic carbocycles. The van der Waals surface area contributed by atoms with Gasteiger partial charge < -0.3 is 16.2 Å². The van der Waals surface area contributed by atoms with Gasteiger partial charge in [0.15, 0.2) is 11.0 Å². The van der Waals surface area contributed by atoms with Crippen LogP contribution in [-0.2, 0) is 5.54 Å². The molecule has 0 spiro atoms. The molecule has 0 amide bonds. The van der Waals surface area contributed by atoms with E-state index in [9.17, 15) is 13.9 Å². The summed E-state index contributed by atoms with van der Waals surface area (Å²) in [5.74, 6) is -0.552. The standard InChI is InChI=1S/C22H18F2N6OS/c23-10-22(17-7-21(17,11-31)32-20(26)30-22)15-6-14(1-2-16(15)24)29-19-18-13(3-4-27-19)5-12(8-25)9-28-18/h1-6,9,17,31H,7,10-11H2,(H2,26,30)(H,27,29)/t17-,21-,22-/m1/s1. The summed E-state index contributed by atoms with van der Waals surface area (Å²) >= 11 is 1.22. The van der Waals surface area contributed by atoms with Gasteiger partial charge in [-0.1, -0.05) is 11.8 Å². The molecule has 2 aromatic heterocycles. The number of amidine groups is 1. The van der Waals surface area contributed by atoms with Crippen molar-refractivity contribution in [1.29, 1.82) is 5.26 Å². The van der Waals surface area contributed by atoms with Crippen LogP contribution in [0.1, 0.15) is 17.5 Å². The Balaban J connectivity index is 1.57. The molecule has 4 N–H and O–H groups in total. The van der Waals surface area contributed by atoms with E-state index in [1.54, 1.807) is 18.3 Å². The third-order valence-electron chi connectivity index (χ3n) is 6.11. The van der Waals surface area contributed by atoms with E-state index in [2.05, 4.69) is 20.3 Å². The van der Waals surface area contributed by atoms with E-state index in [0.29, 0.717) is 29.0 Å². The van der Waals surface area contributed by atoms with E-state index < -0.39 is 22.8 Å². The Morgan fingerprint density at radius 2 is 2.16 bits per heavy atom. The van der Waals surface area contributed by atoms with Crippen LogP contribution >= 0.6 is 11.8 Å². The third kappa shape index (κ3) is 3.08. The van der Waals surface area contributed by atoms with Crippen LogP contribution in [0.4, 0.5) is 20.3 Å². The molecule has 3 heterocycles. The van der Waals surface area contributed by atoms with Crippen LogP contribution in [0, 0.1) is 23.1 Å². The van der Waals surface area contributed by atoms with Crippen LogP contribution < -0.4 is 11.1 Å². The van der Waals surface area contributed by atoms with Gasteiger partial charge in [-0.3, -0.25) is 4.98 Å². The number of aliphatic hydroxyl groups excluding tert-OH is 1. The number of fused-ring (bicyclic) bond motifs is 2. The average Bonchev–Trinajstić information content (AvgIpc) is 3.55. The van der Waals surface area contributed by atoms with Crippen molar-refractivity contribution in [1.82, 2.24) is 9.97 Å². The summed E-state index contributed by atoms with van der Waals surface area (Å²) < 4.78 is 28.9. The molecule has 1 aliphatic heterocycles. The van der Waals surface area contributed by atoms with Gasteiger partial charge in [-0.15, -0.1) is 0 Å². The van der Waals surface area contributed by atoms with E-state index in [-0.39, 0.29) is 23.3 Å². The van der Waals surface area contributed by atoms with Gasteiger partial charge in [0.1, 0.15) is 29.6 Å². The summed E-state index contributed by atoms with van der Waals surface area (Å²) in [4.78, 5) is 13.0. The van der Waals surface area contributed by atoms with E-state index >= 15 is 0 Å². The van der Waals surface area contributed by atoms with Gasteiger partial charge in [0.25, 0.3) is 0 Å². The molecule has 0 saturated heterocycles. The monoisotopic (exact) mass is 452 g/mol. The number of nitrogens with two attached hydrogens (primary N) is 1. The number of nitriles is 1. The van der Waals surface area contributed by atoms with E-state index in [0.717, 1.165) is 5.39 Å². The number of aliphatic hydroxyl groups is 1. The molecule has 1 aromatic carbocycles. The summed E-state index contributed by atoms with van der Waals surface area (Å²) in [6, 6.07) is 9.75. The lowest BCUT2D eigenvalue weighted by atomic mass is 9.84. The minimum absolute atomic E-state index is 0.0773. The maximum Gasteiger partial charge on any atom is 0.156 e. The zero-order valence-corrected chi connectivity index (χ0v) is 17.5. The SMILES string of the molecule is N#Cc1cnc2c(Nc3ccc(F)c([C@@]4(CF)N=C(N)S[C@@]5(CO)C[C@H]54)c3)nccc2c1. The minimum atomic E-state index is -1.49. The van der Waals surface area contributed by atoms with Crippen LogP contribution in [-0.4, -0.2) is 38.3 Å². The number of halogens is 2. The topological polar surface area (TPSA) is 120 Å². The highest BCUT2D eigenvalue weighted by atomic mass is 32.2. The van der Waals surface area contributed by atoms with Gasteiger partial charge in [-0.25, -0.2) is 18.8 Å². The predicted octanol–water partition coefficient (Wildman–Crippen LogP) is 3.36. The number of rotatable bonds is 5. The number of aliphatic imine (C=N–C) groups is 1. The summed E-state index contributed by atoms with van der Waals surface area (Å²) in [6.45, 7) is -1.12. The number of alkyl halides is 1. The van der Waals surface area contributed by atoms with Gasteiger partial charge in [0.2, 0.25) is 0 Å². The van der Waals surface area contributed by atoms with Crippen molar-refractivity contribution < 1.29 is 13.9 Å². The molecular weight excluding hydrogens is 434 g/mol. The van der Waals surface area contributed by atoms with Gasteiger partial charge in [0, 0.05) is 34.9 Å². The Bertz CT molecular complexity index is 1310. The average molecular weight is 452 g/mol. The van der Waals surface area contributed by atoms with Crippen molar-refractivity contribution >= 4 is 39.3 Å². The van der Waals surface area contributed by atoms with Gasteiger partial charge in [-0.05, 0) is 36.8 Å². The van der Waals surface area contributed by atoms with Gasteiger partial charge in [-0.2, -0.15) is 5.26 Å². The lowest BCUT2D eigenvalue weighted by Crippen LogP contribution is -2.41. The van der Waals surface area contributed by atoms with Gasteiger partial charge >= 0.3 is 0 Å². The Hall–Kier alpha value is -3.29. The number of anilines is 2. The molecule has 0 bridgehead atoms. The number of thioether (sulfide) groups is 1. The van der Waals surface area contributed by atoms with Crippen LogP contribution in [0.3, 0.4) is 0 Å². The van der Waals surface area contributed by atoms with Gasteiger partial charge in [0.05, 0.1) is 16.9 Å². The smallest absolute Gasteiger partial charge is 0.156 e. The molecule has 1 saturated carbocycles. The normalized spacial score (nSPS) is 26.2. The summed E-state index contributed by atoms with van der Waals surface area (Å²) in [5, 5.41) is 22.9. The highest BCUT2D eigenvalue weighted by Gasteiger charge is 2.68. The molecule has 10 heteroatoms. The van der Waals surface area contributed by atoms with Crippen LogP contribution in [0.15, 0.2) is 47.7 Å². The second kappa shape index (κ2) is 7.39. The van der Waals surface area contributed by atoms with Crippen molar-refractivity contribution in [3.05, 3.63) is 59.7 Å². The fraction of sp³-hybridized carbons (Fsp3) is 0.273. The Morgan fingerprint density at radius 1 is 1.31 bits per heavy atom. The highest BCUT2D eigenvalue weighted by Crippen LogP contribution is 2.65. The summed E-state index contributed by atoms with van der Waals surface area (Å²) in [5.41, 5.74) is 5.97. The zero-order chi connectivity index (χ0) is 22.5. The number of nitrogens with zero attached hydrogens (tertiary/aromatic N) is 4. The second-order valence-corrected chi connectivity index (χ2v) is 9.41. The quantitative estimate of drug-likeness (QED) is 0.543. The first-order valence-corrected chi connectivity index (χ1v) is 10.7. The first-order chi connectivity index (χ1) is 15.4. The molecule has 3 aromatic rings. The number of nitrogens with one attached hydrogen (secondary N) is 1. The molecule has 0 unspecified atom stereocenters. The molecule has 162 valence electrons. The molecule has 2 aliphatic rings. The maximum atomic E-state index is 15.0. The lowest BCUT2D eigenvalue weighted by molar-refractivity contribution is 0.231. The Labute approximate surface area is 186 Å². The highest BCUT2D eigenvalue weighted by molar-refractivity contribution is 8.15. The Morgan fingerprint density at radius 3 is 2.91 bits per heavy atom. The van der Waals surface area contributed by atoms with Crippen molar-refractivity contribution in [2.75, 3.05) is 18.6 Å². The lowest BCUT2D eigenvalue weighted by Gasteiger charge is -2.34. The largest absolute Gasteiger partial charge is 0.395 e. The summed E-state index contributed by atoms with van der Waals surface area (Å²) in [7, 11) is 0. The van der Waals surface area contributed by atoms with Crippen LogP contribution in [0.25, 0.3) is 10.9 Å². The fourth-order valence-electron chi connectivity index (χ4n) is 4.44.